The molecule has 0 radical (unpaired) electrons. The first-order valence-electron chi connectivity index (χ1n) is 10.7. The van der Waals surface area contributed by atoms with Gasteiger partial charge >= 0.3 is 5.97 Å². The van der Waals surface area contributed by atoms with E-state index in [9.17, 15) is 14.0 Å². The van der Waals surface area contributed by atoms with Crippen molar-refractivity contribution < 1.29 is 33.3 Å². The lowest BCUT2D eigenvalue weighted by atomic mass is 10.0. The summed E-state index contributed by atoms with van der Waals surface area (Å²) in [4.78, 5) is 28.9. The van der Waals surface area contributed by atoms with E-state index in [1.165, 1.54) is 25.3 Å². The summed E-state index contributed by atoms with van der Waals surface area (Å²) in [5.41, 5.74) is 2.21. The van der Waals surface area contributed by atoms with Crippen molar-refractivity contribution in [1.82, 2.24) is 9.55 Å². The third-order valence-corrected chi connectivity index (χ3v) is 5.64. The maximum Gasteiger partial charge on any atom is 0.341 e. The molecule has 180 valence electrons. The molecule has 1 N–H and O–H groups in total. The fourth-order valence-corrected chi connectivity index (χ4v) is 3.88. The molecule has 0 aliphatic carbocycles. The third-order valence-electron chi connectivity index (χ3n) is 5.64. The molecule has 4 aromatic rings. The van der Waals surface area contributed by atoms with Crippen LogP contribution in [0.2, 0.25) is 0 Å². The first-order valence-corrected chi connectivity index (χ1v) is 10.7. The maximum absolute atomic E-state index is 14.7. The van der Waals surface area contributed by atoms with E-state index in [0.717, 1.165) is 0 Å². The van der Waals surface area contributed by atoms with Crippen LogP contribution in [0.4, 0.5) is 4.39 Å². The van der Waals surface area contributed by atoms with Crippen molar-refractivity contribution in [3.05, 3.63) is 82.8 Å². The second-order valence-corrected chi connectivity index (χ2v) is 7.76. The quantitative estimate of drug-likeness (QED) is 0.359. The number of ether oxygens (including phenoxy) is 3. The summed E-state index contributed by atoms with van der Waals surface area (Å²) in [5.74, 6) is -0.648. The van der Waals surface area contributed by atoms with Crippen LogP contribution in [0.15, 0.2) is 54.6 Å². The Bertz CT molecular complexity index is 1410. The zero-order valence-electron chi connectivity index (χ0n) is 19.4. The summed E-state index contributed by atoms with van der Waals surface area (Å²) >= 11 is 0. The van der Waals surface area contributed by atoms with Gasteiger partial charge in [0, 0.05) is 28.3 Å². The lowest BCUT2D eigenvalue weighted by molar-refractivity contribution is -0.139. The molecule has 0 spiro atoms. The van der Waals surface area contributed by atoms with Gasteiger partial charge in [0.1, 0.15) is 23.0 Å². The van der Waals surface area contributed by atoms with Crippen LogP contribution in [-0.4, -0.2) is 47.2 Å². The Labute approximate surface area is 200 Å². The highest BCUT2D eigenvalue weighted by atomic mass is 19.1. The molecule has 35 heavy (non-hydrogen) atoms. The highest BCUT2D eigenvalue weighted by Crippen LogP contribution is 2.31. The van der Waals surface area contributed by atoms with Crippen LogP contribution >= 0.6 is 0 Å². The number of nitrogens with zero attached hydrogens (tertiary/aromatic N) is 2. The highest BCUT2D eigenvalue weighted by Gasteiger charge is 2.23. The predicted molar refractivity (Wildman–Crippen MR) is 126 cm³/mol. The summed E-state index contributed by atoms with van der Waals surface area (Å²) in [6.45, 7) is 1.26. The van der Waals surface area contributed by atoms with E-state index in [-0.39, 0.29) is 23.6 Å². The molecule has 2 aromatic carbocycles. The summed E-state index contributed by atoms with van der Waals surface area (Å²) in [6, 6.07) is 14.2. The molecule has 2 heterocycles. The molecule has 4 rings (SSSR count). The number of hydrogen-bond donors (Lipinski definition) is 1. The van der Waals surface area contributed by atoms with Crippen molar-refractivity contribution in [2.24, 2.45) is 0 Å². The number of carboxylic acids is 1. The topological polar surface area (TPSA) is 99.9 Å². The number of carboxylic acid groups (broad SMARTS) is 1. The van der Waals surface area contributed by atoms with Gasteiger partial charge in [0.2, 0.25) is 5.88 Å². The van der Waals surface area contributed by atoms with E-state index in [4.69, 9.17) is 19.3 Å². The zero-order chi connectivity index (χ0) is 25.1. The summed E-state index contributed by atoms with van der Waals surface area (Å²) < 4.78 is 32.1. The minimum atomic E-state index is -1.14. The number of carbonyl (C=O) groups is 2. The van der Waals surface area contributed by atoms with Gasteiger partial charge < -0.3 is 23.9 Å². The number of ketones is 1. The van der Waals surface area contributed by atoms with Gasteiger partial charge in [-0.25, -0.2) is 9.18 Å². The molecule has 0 bridgehead atoms. The number of aromatic nitrogens is 2. The Morgan fingerprint density at radius 2 is 1.71 bits per heavy atom. The number of fused-ring (bicyclic) bond motifs is 1. The van der Waals surface area contributed by atoms with Crippen LogP contribution in [0.5, 0.6) is 17.4 Å². The van der Waals surface area contributed by atoms with E-state index in [1.807, 2.05) is 0 Å². The zero-order valence-corrected chi connectivity index (χ0v) is 19.4. The van der Waals surface area contributed by atoms with E-state index in [2.05, 4.69) is 4.98 Å². The molecule has 0 aliphatic heterocycles. The summed E-state index contributed by atoms with van der Waals surface area (Å²) in [6.07, 6.45) is 0. The van der Waals surface area contributed by atoms with Crippen LogP contribution in [0.1, 0.15) is 27.2 Å². The molecular weight excluding hydrogens is 455 g/mol. The smallest absolute Gasteiger partial charge is 0.341 e. The van der Waals surface area contributed by atoms with Crippen LogP contribution < -0.4 is 14.2 Å². The Morgan fingerprint density at radius 1 is 1.00 bits per heavy atom. The maximum atomic E-state index is 14.7. The number of aliphatic carboxylic acids is 1. The van der Waals surface area contributed by atoms with Crippen LogP contribution in [0.25, 0.3) is 11.0 Å². The standard InChI is InChI=1S/C26H23FN2O6/c1-15-24(25(32)16-4-6-18(33-2)7-5-16)20-9-11-22(34-3)28-26(20)29(15)13-17-12-19(8-10-21(17)27)35-14-23(30)31/h4-12H,13-14H2,1-3H3,(H,30,31). The first kappa shape index (κ1) is 23.7. The number of pyridine rings is 1. The van der Waals surface area contributed by atoms with Crippen LogP contribution in [0, 0.1) is 12.7 Å². The molecule has 0 unspecified atom stereocenters. The minimum Gasteiger partial charge on any atom is -0.497 e. The number of methoxy groups -OCH3 is 2. The van der Waals surface area contributed by atoms with Gasteiger partial charge in [-0.15, -0.1) is 0 Å². The largest absolute Gasteiger partial charge is 0.497 e. The van der Waals surface area contributed by atoms with Gasteiger partial charge in [-0.3, -0.25) is 4.79 Å². The fraction of sp³-hybridized carbons (Fsp3) is 0.192. The van der Waals surface area contributed by atoms with Crippen molar-refractivity contribution >= 4 is 22.8 Å². The number of rotatable bonds is 9. The number of halogens is 1. The van der Waals surface area contributed by atoms with E-state index in [1.54, 1.807) is 55.0 Å². The van der Waals surface area contributed by atoms with Crippen LogP contribution in [-0.2, 0) is 11.3 Å². The van der Waals surface area contributed by atoms with E-state index < -0.39 is 18.4 Å². The molecular formula is C26H23FN2O6. The van der Waals surface area contributed by atoms with Crippen molar-refractivity contribution in [1.29, 1.82) is 0 Å². The monoisotopic (exact) mass is 478 g/mol. The average molecular weight is 478 g/mol. The predicted octanol–water partition coefficient (Wildman–Crippen LogP) is 4.24. The Balaban J connectivity index is 1.81. The molecule has 8 nitrogen and oxygen atoms in total. The molecule has 0 amide bonds. The van der Waals surface area contributed by atoms with Crippen molar-refractivity contribution in [3.8, 4) is 17.4 Å². The Hall–Kier alpha value is -4.40. The van der Waals surface area contributed by atoms with Gasteiger partial charge in [0.15, 0.2) is 12.4 Å². The van der Waals surface area contributed by atoms with Crippen molar-refractivity contribution in [3.63, 3.8) is 0 Å². The van der Waals surface area contributed by atoms with E-state index in [0.29, 0.717) is 39.5 Å². The number of hydrogen-bond acceptors (Lipinski definition) is 6. The van der Waals surface area contributed by atoms with Gasteiger partial charge in [-0.05, 0) is 55.5 Å². The van der Waals surface area contributed by atoms with Gasteiger partial charge in [-0.1, -0.05) is 0 Å². The normalized spacial score (nSPS) is 10.9. The third kappa shape index (κ3) is 4.79. The molecule has 0 fully saturated rings. The molecule has 0 saturated carbocycles. The summed E-state index contributed by atoms with van der Waals surface area (Å²) in [7, 11) is 3.04. The van der Waals surface area contributed by atoms with Crippen LogP contribution in [0.3, 0.4) is 0 Å². The first-order chi connectivity index (χ1) is 16.8. The van der Waals surface area contributed by atoms with E-state index >= 15 is 0 Å². The van der Waals surface area contributed by atoms with Crippen molar-refractivity contribution in [2.75, 3.05) is 20.8 Å². The molecule has 2 aromatic heterocycles. The lowest BCUT2D eigenvalue weighted by Crippen LogP contribution is -2.11. The van der Waals surface area contributed by atoms with Gasteiger partial charge in [-0.2, -0.15) is 4.98 Å². The van der Waals surface area contributed by atoms with Crippen molar-refractivity contribution in [2.45, 2.75) is 13.5 Å². The number of carbonyl (C=O) groups excluding carboxylic acids is 1. The second kappa shape index (κ2) is 9.84. The summed E-state index contributed by atoms with van der Waals surface area (Å²) in [5, 5.41) is 9.45. The Kier molecular flexibility index (Phi) is 6.68. The molecule has 0 atom stereocenters. The minimum absolute atomic E-state index is 0.0362. The average Bonchev–Trinajstić information content (AvgIpc) is 3.14. The molecule has 9 heteroatoms. The van der Waals surface area contributed by atoms with Gasteiger partial charge in [0.05, 0.1) is 26.3 Å². The lowest BCUT2D eigenvalue weighted by Gasteiger charge is -2.12. The fourth-order valence-electron chi connectivity index (χ4n) is 3.88. The SMILES string of the molecule is COc1ccc(C(=O)c2c(C)n(Cc3cc(OCC(=O)O)ccc3F)c3nc(OC)ccc23)cc1. The molecule has 0 saturated heterocycles. The highest BCUT2D eigenvalue weighted by molar-refractivity contribution is 6.17. The number of benzene rings is 2. The second-order valence-electron chi connectivity index (χ2n) is 7.76. The molecule has 0 aliphatic rings. The Morgan fingerprint density at radius 3 is 2.37 bits per heavy atom. The van der Waals surface area contributed by atoms with Gasteiger partial charge in [0.25, 0.3) is 0 Å².